The average Bonchev–Trinajstić information content (AvgIpc) is 2.74. The van der Waals surface area contributed by atoms with Crippen LogP contribution in [0.5, 0.6) is 5.75 Å². The maximum Gasteiger partial charge on any atom is 0.407 e. The van der Waals surface area contributed by atoms with Crippen LogP contribution in [-0.2, 0) is 14.9 Å². The number of benzene rings is 1. The smallest absolute Gasteiger partial charge is 0.407 e. The molecule has 2 bridgehead atoms. The number of hydrogen-bond acceptors (Lipinski definition) is 4. The highest BCUT2D eigenvalue weighted by molar-refractivity contribution is 5.75. The molecule has 0 saturated heterocycles. The molecule has 170 valence electrons. The summed E-state index contributed by atoms with van der Waals surface area (Å²) in [6.07, 6.45) is 4.70. The van der Waals surface area contributed by atoms with E-state index in [9.17, 15) is 19.1 Å². The lowest BCUT2D eigenvalue weighted by Gasteiger charge is -2.51. The molecule has 31 heavy (non-hydrogen) atoms. The quantitative estimate of drug-likeness (QED) is 0.623. The second-order valence-corrected chi connectivity index (χ2v) is 9.80. The molecule has 0 aliphatic heterocycles. The van der Waals surface area contributed by atoms with E-state index in [4.69, 9.17) is 9.47 Å². The van der Waals surface area contributed by atoms with Gasteiger partial charge in [-0.25, -0.2) is 9.18 Å². The normalized spacial score (nSPS) is 25.7. The number of hydrogen-bond donors (Lipinski definition) is 2. The van der Waals surface area contributed by atoms with Crippen LogP contribution in [0.15, 0.2) is 36.2 Å². The van der Waals surface area contributed by atoms with Crippen LogP contribution in [0, 0.1) is 5.41 Å². The molecule has 2 N–H and O–H groups in total. The highest BCUT2D eigenvalue weighted by Crippen LogP contribution is 2.57. The first-order valence-electron chi connectivity index (χ1n) is 10.8. The van der Waals surface area contributed by atoms with Gasteiger partial charge in [0.15, 0.2) is 0 Å². The number of halogens is 1. The van der Waals surface area contributed by atoms with Gasteiger partial charge in [-0.1, -0.05) is 12.1 Å². The molecule has 3 saturated carbocycles. The highest BCUT2D eigenvalue weighted by atomic mass is 19.1. The van der Waals surface area contributed by atoms with Gasteiger partial charge >= 0.3 is 12.1 Å². The number of carboxylic acid groups (broad SMARTS) is 1. The van der Waals surface area contributed by atoms with Crippen LogP contribution in [0.25, 0.3) is 0 Å². The minimum atomic E-state index is -0.651. The molecule has 0 heterocycles. The monoisotopic (exact) mass is 433 g/mol. The van der Waals surface area contributed by atoms with Gasteiger partial charge in [-0.15, -0.1) is 0 Å². The molecule has 1 aromatic rings. The molecule has 4 rings (SSSR count). The van der Waals surface area contributed by atoms with Crippen LogP contribution in [0.3, 0.4) is 0 Å². The average molecular weight is 434 g/mol. The predicted molar refractivity (Wildman–Crippen MR) is 115 cm³/mol. The molecule has 7 heteroatoms. The fraction of sp³-hybridized carbons (Fsp3) is 0.583. The maximum absolute atomic E-state index is 13.2. The Hall–Kier alpha value is -2.57. The molecule has 0 aromatic heterocycles. The Morgan fingerprint density at radius 2 is 1.68 bits per heavy atom. The number of fused-ring (bicyclic) bond motifs is 3. The maximum atomic E-state index is 13.2. The molecular weight excluding hydrogens is 401 g/mol. The molecule has 1 aromatic carbocycles. The Balaban J connectivity index is 1.52. The zero-order valence-corrected chi connectivity index (χ0v) is 18.5. The summed E-state index contributed by atoms with van der Waals surface area (Å²) in [7, 11) is 0. The fourth-order valence-electron chi connectivity index (χ4n) is 4.64. The van der Waals surface area contributed by atoms with Gasteiger partial charge in [0.25, 0.3) is 0 Å². The van der Waals surface area contributed by atoms with Crippen molar-refractivity contribution in [2.75, 3.05) is 13.2 Å². The first kappa shape index (κ1) is 23.1. The topological polar surface area (TPSA) is 84.9 Å². The van der Waals surface area contributed by atoms with E-state index in [0.717, 1.165) is 38.5 Å². The summed E-state index contributed by atoms with van der Waals surface area (Å²) in [5.41, 5.74) is 0.418. The molecule has 3 fully saturated rings. The summed E-state index contributed by atoms with van der Waals surface area (Å²) in [5.74, 6) is -0.0364. The summed E-state index contributed by atoms with van der Waals surface area (Å²) in [5, 5.41) is 12.1. The third-order valence-electron chi connectivity index (χ3n) is 6.60. The second kappa shape index (κ2) is 8.89. The van der Waals surface area contributed by atoms with E-state index in [1.54, 1.807) is 20.8 Å². The molecule has 1 amide bonds. The van der Waals surface area contributed by atoms with E-state index in [-0.39, 0.29) is 24.1 Å². The number of carbonyl (C=O) groups excluding carboxylic acids is 1. The van der Waals surface area contributed by atoms with Crippen LogP contribution in [-0.4, -0.2) is 35.9 Å². The van der Waals surface area contributed by atoms with Gasteiger partial charge in [0.1, 0.15) is 18.0 Å². The number of aliphatic carboxylic acids is 1. The van der Waals surface area contributed by atoms with Gasteiger partial charge < -0.3 is 19.9 Å². The lowest BCUT2D eigenvalue weighted by molar-refractivity contribution is -0.156. The first-order chi connectivity index (χ1) is 14.6. The van der Waals surface area contributed by atoms with E-state index in [1.807, 2.05) is 24.3 Å². The van der Waals surface area contributed by atoms with Crippen molar-refractivity contribution >= 4 is 12.1 Å². The van der Waals surface area contributed by atoms with Gasteiger partial charge in [-0.2, -0.15) is 0 Å². The zero-order chi connectivity index (χ0) is 22.7. The van der Waals surface area contributed by atoms with Crippen molar-refractivity contribution in [3.8, 4) is 5.75 Å². The Morgan fingerprint density at radius 1 is 1.10 bits per heavy atom. The van der Waals surface area contributed by atoms with Crippen LogP contribution in [0.4, 0.5) is 9.18 Å². The van der Waals surface area contributed by atoms with Crippen molar-refractivity contribution in [3.05, 3.63) is 41.7 Å². The molecule has 0 radical (unpaired) electrons. The summed E-state index contributed by atoms with van der Waals surface area (Å²) < 4.78 is 24.0. The minimum Gasteiger partial charge on any atom is -0.489 e. The van der Waals surface area contributed by atoms with Gasteiger partial charge in [0.2, 0.25) is 0 Å². The molecule has 0 atom stereocenters. The number of amides is 1. The summed E-state index contributed by atoms with van der Waals surface area (Å²) in [4.78, 5) is 23.3. The van der Waals surface area contributed by atoms with E-state index in [0.29, 0.717) is 12.1 Å². The van der Waals surface area contributed by atoms with Crippen molar-refractivity contribution in [1.29, 1.82) is 0 Å². The van der Waals surface area contributed by atoms with E-state index >= 15 is 0 Å². The van der Waals surface area contributed by atoms with E-state index in [2.05, 4.69) is 5.32 Å². The van der Waals surface area contributed by atoms with E-state index < -0.39 is 23.1 Å². The lowest BCUT2D eigenvalue weighted by atomic mass is 9.52. The molecule has 0 unspecified atom stereocenters. The second-order valence-electron chi connectivity index (χ2n) is 9.80. The summed E-state index contributed by atoms with van der Waals surface area (Å²) in [6.45, 7) is 5.28. The Labute approximate surface area is 182 Å². The van der Waals surface area contributed by atoms with Gasteiger partial charge in [0.05, 0.1) is 11.7 Å². The fourth-order valence-corrected chi connectivity index (χ4v) is 4.64. The Bertz CT molecular complexity index is 816. The third-order valence-corrected chi connectivity index (χ3v) is 6.60. The van der Waals surface area contributed by atoms with Crippen LogP contribution >= 0.6 is 0 Å². The van der Waals surface area contributed by atoms with Crippen molar-refractivity contribution in [1.82, 2.24) is 5.32 Å². The summed E-state index contributed by atoms with van der Waals surface area (Å²) in [6, 6.07) is 7.81. The predicted octanol–water partition coefficient (Wildman–Crippen LogP) is 5.12. The van der Waals surface area contributed by atoms with E-state index in [1.165, 1.54) is 5.56 Å². The molecular formula is C24H32FNO5. The molecule has 0 spiro atoms. The number of nitrogens with one attached hydrogen (secondary N) is 1. The SMILES string of the molecule is CC(C)(C)OC(=O)NCC(=CF)COc1ccc(C23CCC(C(=O)O)(CC2)CC3)cc1. The lowest BCUT2D eigenvalue weighted by Crippen LogP contribution is -2.47. The van der Waals surface area contributed by atoms with Gasteiger partial charge in [-0.3, -0.25) is 4.79 Å². The Morgan fingerprint density at radius 3 is 2.16 bits per heavy atom. The minimum absolute atomic E-state index is 0.00205. The number of ether oxygens (including phenoxy) is 2. The van der Waals surface area contributed by atoms with Crippen molar-refractivity contribution in [3.63, 3.8) is 0 Å². The zero-order valence-electron chi connectivity index (χ0n) is 18.5. The molecule has 3 aliphatic carbocycles. The van der Waals surface area contributed by atoms with Gasteiger partial charge in [-0.05, 0) is 82.4 Å². The van der Waals surface area contributed by atoms with Crippen LogP contribution in [0.1, 0.15) is 64.9 Å². The van der Waals surface area contributed by atoms with Crippen molar-refractivity contribution < 1.29 is 28.6 Å². The third kappa shape index (κ3) is 5.38. The number of carboxylic acids is 1. The van der Waals surface area contributed by atoms with Crippen LogP contribution < -0.4 is 10.1 Å². The molecule has 3 aliphatic rings. The van der Waals surface area contributed by atoms with Gasteiger partial charge in [0, 0.05) is 12.1 Å². The summed E-state index contributed by atoms with van der Waals surface area (Å²) >= 11 is 0. The number of alkyl carbamates (subject to hydrolysis) is 1. The standard InChI is InChI=1S/C24H32FNO5/c1-22(2,3)31-21(29)26-15-17(14-25)16-30-19-6-4-18(5-7-19)23-8-11-24(12-9-23,13-10-23)20(27)28/h4-7,14H,8-13,15-16H2,1-3H3,(H,26,29)(H,27,28). The largest absolute Gasteiger partial charge is 0.489 e. The Kier molecular flexibility index (Phi) is 6.62. The van der Waals surface area contributed by atoms with Crippen molar-refractivity contribution in [2.24, 2.45) is 5.41 Å². The number of rotatable bonds is 7. The van der Waals surface area contributed by atoms with Crippen LogP contribution in [0.2, 0.25) is 0 Å². The highest BCUT2D eigenvalue weighted by Gasteiger charge is 2.53. The molecule has 6 nitrogen and oxygen atoms in total. The first-order valence-corrected chi connectivity index (χ1v) is 10.8. The van der Waals surface area contributed by atoms with Crippen molar-refractivity contribution in [2.45, 2.75) is 70.3 Å². The number of carbonyl (C=O) groups is 2.